The SMILES string of the molecule is CN1C[C@@H](C(=O)O)[C@]2(Cc3ccccc3C2=O)C1. The highest BCUT2D eigenvalue weighted by atomic mass is 16.4. The molecule has 0 saturated carbocycles. The standard InChI is InChI=1S/C14H15NO3/c1-15-7-11(13(17)18)14(8-15)6-9-4-2-3-5-10(9)12(14)16/h2-5,11H,6-8H2,1H3,(H,17,18)/t11-,14-/m0/s1. The van der Waals surface area contributed by atoms with E-state index in [0.29, 0.717) is 25.1 Å². The average molecular weight is 245 g/mol. The van der Waals surface area contributed by atoms with Crippen molar-refractivity contribution in [1.82, 2.24) is 4.90 Å². The summed E-state index contributed by atoms with van der Waals surface area (Å²) in [5.74, 6) is -1.45. The van der Waals surface area contributed by atoms with Gasteiger partial charge in [0.25, 0.3) is 0 Å². The van der Waals surface area contributed by atoms with Crippen molar-refractivity contribution < 1.29 is 14.7 Å². The molecule has 0 radical (unpaired) electrons. The number of carbonyl (C=O) groups excluding carboxylic acids is 1. The van der Waals surface area contributed by atoms with Crippen molar-refractivity contribution in [2.75, 3.05) is 20.1 Å². The number of likely N-dealkylation sites (tertiary alicyclic amines) is 1. The lowest BCUT2D eigenvalue weighted by atomic mass is 9.74. The van der Waals surface area contributed by atoms with Crippen molar-refractivity contribution in [3.63, 3.8) is 0 Å². The van der Waals surface area contributed by atoms with Crippen LogP contribution in [0.4, 0.5) is 0 Å². The second-order valence-electron chi connectivity index (χ2n) is 5.41. The van der Waals surface area contributed by atoms with Gasteiger partial charge in [-0.1, -0.05) is 24.3 Å². The van der Waals surface area contributed by atoms with Crippen LogP contribution in [0.3, 0.4) is 0 Å². The summed E-state index contributed by atoms with van der Waals surface area (Å²) >= 11 is 0. The molecule has 0 bridgehead atoms. The van der Waals surface area contributed by atoms with Gasteiger partial charge in [0, 0.05) is 18.7 Å². The average Bonchev–Trinajstić information content (AvgIpc) is 2.80. The van der Waals surface area contributed by atoms with Crippen LogP contribution >= 0.6 is 0 Å². The maximum absolute atomic E-state index is 12.6. The fourth-order valence-electron chi connectivity index (χ4n) is 3.45. The molecule has 1 aromatic rings. The van der Waals surface area contributed by atoms with Crippen LogP contribution in [-0.2, 0) is 11.2 Å². The molecule has 1 N–H and O–H groups in total. The normalized spacial score (nSPS) is 30.9. The predicted octanol–water partition coefficient (Wildman–Crippen LogP) is 1.06. The molecule has 1 heterocycles. The van der Waals surface area contributed by atoms with E-state index in [-0.39, 0.29) is 5.78 Å². The Hall–Kier alpha value is -1.68. The molecule has 1 saturated heterocycles. The molecule has 1 aliphatic heterocycles. The lowest BCUT2D eigenvalue weighted by molar-refractivity contribution is -0.143. The lowest BCUT2D eigenvalue weighted by Crippen LogP contribution is -2.40. The number of Topliss-reactive ketones (excluding diaryl/α,β-unsaturated/α-hetero) is 1. The number of fused-ring (bicyclic) bond motifs is 1. The summed E-state index contributed by atoms with van der Waals surface area (Å²) in [7, 11) is 1.88. The fourth-order valence-corrected chi connectivity index (χ4v) is 3.45. The van der Waals surface area contributed by atoms with Gasteiger partial charge in [-0.15, -0.1) is 0 Å². The van der Waals surface area contributed by atoms with Gasteiger partial charge < -0.3 is 10.0 Å². The Bertz CT molecular complexity index is 540. The highest BCUT2D eigenvalue weighted by Crippen LogP contribution is 2.46. The highest BCUT2D eigenvalue weighted by molar-refractivity contribution is 6.07. The van der Waals surface area contributed by atoms with Crippen molar-refractivity contribution in [2.45, 2.75) is 6.42 Å². The van der Waals surface area contributed by atoms with Crippen LogP contribution in [-0.4, -0.2) is 41.9 Å². The Morgan fingerprint density at radius 1 is 1.44 bits per heavy atom. The molecule has 0 amide bonds. The molecule has 4 nitrogen and oxygen atoms in total. The molecule has 1 spiro atoms. The first-order valence-corrected chi connectivity index (χ1v) is 6.09. The van der Waals surface area contributed by atoms with Crippen molar-refractivity contribution in [1.29, 1.82) is 0 Å². The summed E-state index contributed by atoms with van der Waals surface area (Å²) in [6.07, 6.45) is 0.559. The molecule has 0 unspecified atom stereocenters. The van der Waals surface area contributed by atoms with Gasteiger partial charge in [-0.3, -0.25) is 9.59 Å². The molecule has 1 fully saturated rings. The van der Waals surface area contributed by atoms with E-state index in [2.05, 4.69) is 0 Å². The van der Waals surface area contributed by atoms with E-state index in [4.69, 9.17) is 0 Å². The number of hydrogen-bond donors (Lipinski definition) is 1. The van der Waals surface area contributed by atoms with E-state index < -0.39 is 17.3 Å². The molecule has 3 rings (SSSR count). The number of carboxylic acids is 1. The van der Waals surface area contributed by atoms with Gasteiger partial charge in [-0.25, -0.2) is 0 Å². The molecule has 2 aliphatic rings. The van der Waals surface area contributed by atoms with E-state index in [1.807, 2.05) is 36.2 Å². The molecule has 1 aliphatic carbocycles. The summed E-state index contributed by atoms with van der Waals surface area (Å²) in [6.45, 7) is 0.993. The van der Waals surface area contributed by atoms with E-state index in [9.17, 15) is 14.7 Å². The molecule has 4 heteroatoms. The zero-order valence-electron chi connectivity index (χ0n) is 10.2. The van der Waals surface area contributed by atoms with Gasteiger partial charge >= 0.3 is 5.97 Å². The van der Waals surface area contributed by atoms with Crippen LogP contribution in [0.2, 0.25) is 0 Å². The number of nitrogens with zero attached hydrogens (tertiary/aromatic N) is 1. The van der Waals surface area contributed by atoms with Gasteiger partial charge in [0.2, 0.25) is 0 Å². The summed E-state index contributed by atoms with van der Waals surface area (Å²) in [5.41, 5.74) is 0.952. The number of aliphatic carboxylic acids is 1. The first kappa shape index (κ1) is 11.4. The minimum Gasteiger partial charge on any atom is -0.481 e. The summed E-state index contributed by atoms with van der Waals surface area (Å²) < 4.78 is 0. The molecule has 0 aromatic heterocycles. The Kier molecular flexibility index (Phi) is 2.32. The molecular formula is C14H15NO3. The minimum absolute atomic E-state index is 0.00912. The Morgan fingerprint density at radius 3 is 2.83 bits per heavy atom. The smallest absolute Gasteiger partial charge is 0.308 e. The van der Waals surface area contributed by atoms with Crippen LogP contribution in [0.15, 0.2) is 24.3 Å². The maximum atomic E-state index is 12.6. The van der Waals surface area contributed by atoms with Gasteiger partial charge in [0.05, 0.1) is 11.3 Å². The number of ketones is 1. The van der Waals surface area contributed by atoms with Gasteiger partial charge in [0.1, 0.15) is 0 Å². The van der Waals surface area contributed by atoms with Crippen molar-refractivity contribution in [2.24, 2.45) is 11.3 Å². The number of carboxylic acid groups (broad SMARTS) is 1. The van der Waals surface area contributed by atoms with Crippen LogP contribution in [0.5, 0.6) is 0 Å². The first-order valence-electron chi connectivity index (χ1n) is 6.09. The summed E-state index contributed by atoms with van der Waals surface area (Å²) in [6, 6.07) is 7.48. The number of carbonyl (C=O) groups is 2. The molecular weight excluding hydrogens is 230 g/mol. The zero-order chi connectivity index (χ0) is 12.9. The number of rotatable bonds is 1. The molecule has 1 aromatic carbocycles. The number of hydrogen-bond acceptors (Lipinski definition) is 3. The van der Waals surface area contributed by atoms with Gasteiger partial charge in [-0.05, 0) is 19.0 Å². The maximum Gasteiger partial charge on any atom is 0.308 e. The van der Waals surface area contributed by atoms with E-state index in [0.717, 1.165) is 5.56 Å². The van der Waals surface area contributed by atoms with Gasteiger partial charge in [-0.2, -0.15) is 0 Å². The largest absolute Gasteiger partial charge is 0.481 e. The van der Waals surface area contributed by atoms with Crippen LogP contribution in [0, 0.1) is 11.3 Å². The third-order valence-corrected chi connectivity index (χ3v) is 4.23. The topological polar surface area (TPSA) is 57.6 Å². The zero-order valence-corrected chi connectivity index (χ0v) is 10.2. The second kappa shape index (κ2) is 3.65. The Morgan fingerprint density at radius 2 is 2.17 bits per heavy atom. The number of benzene rings is 1. The van der Waals surface area contributed by atoms with E-state index in [1.165, 1.54) is 0 Å². The lowest BCUT2D eigenvalue weighted by Gasteiger charge is -2.25. The predicted molar refractivity (Wildman–Crippen MR) is 65.5 cm³/mol. The summed E-state index contributed by atoms with van der Waals surface area (Å²) in [5, 5.41) is 9.37. The molecule has 18 heavy (non-hydrogen) atoms. The second-order valence-corrected chi connectivity index (χ2v) is 5.41. The Balaban J connectivity index is 2.08. The third-order valence-electron chi connectivity index (χ3n) is 4.23. The quantitative estimate of drug-likeness (QED) is 0.803. The fraction of sp³-hybridized carbons (Fsp3) is 0.429. The van der Waals surface area contributed by atoms with Crippen molar-refractivity contribution in [3.05, 3.63) is 35.4 Å². The van der Waals surface area contributed by atoms with Crippen LogP contribution in [0.25, 0.3) is 0 Å². The van der Waals surface area contributed by atoms with Crippen LogP contribution in [0.1, 0.15) is 15.9 Å². The highest BCUT2D eigenvalue weighted by Gasteiger charge is 2.57. The van der Waals surface area contributed by atoms with Gasteiger partial charge in [0.15, 0.2) is 5.78 Å². The van der Waals surface area contributed by atoms with E-state index >= 15 is 0 Å². The Labute approximate surface area is 105 Å². The van der Waals surface area contributed by atoms with Crippen LogP contribution < -0.4 is 0 Å². The molecule has 94 valence electrons. The first-order chi connectivity index (χ1) is 8.54. The van der Waals surface area contributed by atoms with Crippen molar-refractivity contribution >= 4 is 11.8 Å². The summed E-state index contributed by atoms with van der Waals surface area (Å²) in [4.78, 5) is 26.0. The van der Waals surface area contributed by atoms with Crippen molar-refractivity contribution in [3.8, 4) is 0 Å². The third kappa shape index (κ3) is 1.35. The minimum atomic E-state index is -0.861. The molecule has 2 atom stereocenters. The van der Waals surface area contributed by atoms with E-state index in [1.54, 1.807) is 0 Å². The monoisotopic (exact) mass is 245 g/mol.